The van der Waals surface area contributed by atoms with E-state index < -0.39 is 5.97 Å². The molecule has 100 valence electrons. The molecule has 0 saturated carbocycles. The van der Waals surface area contributed by atoms with Crippen LogP contribution in [-0.2, 0) is 11.3 Å². The topological polar surface area (TPSA) is 64.3 Å². The van der Waals surface area contributed by atoms with Crippen LogP contribution in [0.2, 0.25) is 0 Å². The molecule has 0 unspecified atom stereocenters. The zero-order chi connectivity index (χ0) is 13.8. The van der Waals surface area contributed by atoms with Crippen molar-refractivity contribution in [3.63, 3.8) is 0 Å². The Morgan fingerprint density at radius 1 is 1.47 bits per heavy atom. The highest BCUT2D eigenvalue weighted by molar-refractivity contribution is 5.68. The Kier molecular flexibility index (Phi) is 3.85. The molecule has 0 radical (unpaired) electrons. The quantitative estimate of drug-likeness (QED) is 0.896. The number of hydrogen-bond acceptors (Lipinski definition) is 3. The number of methoxy groups -OCH3 is 1. The predicted molar refractivity (Wildman–Crippen MR) is 71.2 cm³/mol. The molecule has 5 nitrogen and oxygen atoms in total. The standard InChI is InChI=1S/C14H16N2O3/c1-10-3-4-13(19-2)11(7-10)12-8-16(9-15-12)6-5-14(17)18/h3-4,7-9H,5-6H2,1-2H3,(H,17,18). The first-order valence-electron chi connectivity index (χ1n) is 5.98. The Hall–Kier alpha value is -2.30. The van der Waals surface area contributed by atoms with Gasteiger partial charge in [-0.3, -0.25) is 4.79 Å². The van der Waals surface area contributed by atoms with E-state index in [2.05, 4.69) is 4.98 Å². The van der Waals surface area contributed by atoms with Crippen molar-refractivity contribution < 1.29 is 14.6 Å². The fourth-order valence-corrected chi connectivity index (χ4v) is 1.87. The smallest absolute Gasteiger partial charge is 0.305 e. The SMILES string of the molecule is COc1ccc(C)cc1-c1cn(CCC(=O)O)cn1. The number of ether oxygens (including phenoxy) is 1. The van der Waals surface area contributed by atoms with Gasteiger partial charge in [0.15, 0.2) is 0 Å². The monoisotopic (exact) mass is 260 g/mol. The summed E-state index contributed by atoms with van der Waals surface area (Å²) >= 11 is 0. The van der Waals surface area contributed by atoms with Crippen LogP contribution in [0, 0.1) is 6.92 Å². The van der Waals surface area contributed by atoms with Gasteiger partial charge in [-0.25, -0.2) is 4.98 Å². The number of carboxylic acid groups (broad SMARTS) is 1. The van der Waals surface area contributed by atoms with Crippen LogP contribution in [0.4, 0.5) is 0 Å². The summed E-state index contributed by atoms with van der Waals surface area (Å²) in [7, 11) is 1.62. The maximum absolute atomic E-state index is 10.5. The van der Waals surface area contributed by atoms with E-state index >= 15 is 0 Å². The van der Waals surface area contributed by atoms with Crippen molar-refractivity contribution in [2.45, 2.75) is 19.9 Å². The number of imidazole rings is 1. The molecular weight excluding hydrogens is 244 g/mol. The number of hydrogen-bond donors (Lipinski definition) is 1. The lowest BCUT2D eigenvalue weighted by Gasteiger charge is -2.07. The molecule has 0 fully saturated rings. The highest BCUT2D eigenvalue weighted by Gasteiger charge is 2.09. The summed E-state index contributed by atoms with van der Waals surface area (Å²) in [5, 5.41) is 8.66. The van der Waals surface area contributed by atoms with Gasteiger partial charge < -0.3 is 14.4 Å². The minimum absolute atomic E-state index is 0.0841. The van der Waals surface area contributed by atoms with Crippen molar-refractivity contribution in [3.8, 4) is 17.0 Å². The van der Waals surface area contributed by atoms with Gasteiger partial charge in [-0.1, -0.05) is 11.6 Å². The van der Waals surface area contributed by atoms with E-state index in [9.17, 15) is 4.79 Å². The number of nitrogens with zero attached hydrogens (tertiary/aromatic N) is 2. The normalized spacial score (nSPS) is 10.4. The first kappa shape index (κ1) is 13.1. The van der Waals surface area contributed by atoms with Gasteiger partial charge in [0.1, 0.15) is 5.75 Å². The minimum Gasteiger partial charge on any atom is -0.496 e. The van der Waals surface area contributed by atoms with Crippen LogP contribution in [0.15, 0.2) is 30.7 Å². The maximum atomic E-state index is 10.5. The minimum atomic E-state index is -0.816. The molecule has 0 atom stereocenters. The number of rotatable bonds is 5. The molecule has 0 aliphatic heterocycles. The Labute approximate surface area is 111 Å². The molecule has 1 heterocycles. The van der Waals surface area contributed by atoms with Crippen LogP contribution in [0.25, 0.3) is 11.3 Å². The second-order valence-corrected chi connectivity index (χ2v) is 4.34. The van der Waals surface area contributed by atoms with Crippen molar-refractivity contribution in [2.24, 2.45) is 0 Å². The number of carboxylic acids is 1. The van der Waals surface area contributed by atoms with Crippen LogP contribution in [-0.4, -0.2) is 27.7 Å². The third-order valence-electron chi connectivity index (χ3n) is 2.85. The Balaban J connectivity index is 2.27. The molecule has 1 N–H and O–H groups in total. The van der Waals surface area contributed by atoms with Crippen LogP contribution < -0.4 is 4.74 Å². The van der Waals surface area contributed by atoms with Crippen LogP contribution in [0.1, 0.15) is 12.0 Å². The molecule has 0 bridgehead atoms. The molecule has 0 aliphatic carbocycles. The molecule has 1 aromatic heterocycles. The van der Waals surface area contributed by atoms with Gasteiger partial charge in [-0.05, 0) is 19.1 Å². The highest BCUT2D eigenvalue weighted by Crippen LogP contribution is 2.29. The largest absolute Gasteiger partial charge is 0.496 e. The Bertz CT molecular complexity index is 590. The van der Waals surface area contributed by atoms with Crippen molar-refractivity contribution >= 4 is 5.97 Å². The molecular formula is C14H16N2O3. The van der Waals surface area contributed by atoms with E-state index in [0.29, 0.717) is 6.54 Å². The van der Waals surface area contributed by atoms with Crippen LogP contribution in [0.5, 0.6) is 5.75 Å². The van der Waals surface area contributed by atoms with E-state index in [4.69, 9.17) is 9.84 Å². The van der Waals surface area contributed by atoms with E-state index in [1.54, 1.807) is 18.0 Å². The predicted octanol–water partition coefficient (Wildman–Crippen LogP) is 2.34. The second kappa shape index (κ2) is 5.56. The van der Waals surface area contributed by atoms with E-state index in [0.717, 1.165) is 22.6 Å². The van der Waals surface area contributed by atoms with Gasteiger partial charge in [-0.2, -0.15) is 0 Å². The van der Waals surface area contributed by atoms with Crippen molar-refractivity contribution in [1.82, 2.24) is 9.55 Å². The third-order valence-corrected chi connectivity index (χ3v) is 2.85. The first-order valence-corrected chi connectivity index (χ1v) is 5.98. The molecule has 2 aromatic rings. The maximum Gasteiger partial charge on any atom is 0.305 e. The van der Waals surface area contributed by atoms with Gasteiger partial charge >= 0.3 is 5.97 Å². The lowest BCUT2D eigenvalue weighted by Crippen LogP contribution is -2.02. The summed E-state index contributed by atoms with van der Waals surface area (Å²) in [6.07, 6.45) is 3.56. The molecule has 19 heavy (non-hydrogen) atoms. The zero-order valence-corrected chi connectivity index (χ0v) is 11.0. The van der Waals surface area contributed by atoms with Crippen LogP contribution >= 0.6 is 0 Å². The van der Waals surface area contributed by atoms with Crippen molar-refractivity contribution in [1.29, 1.82) is 0 Å². The lowest BCUT2D eigenvalue weighted by molar-refractivity contribution is -0.137. The Morgan fingerprint density at radius 2 is 2.26 bits per heavy atom. The molecule has 0 spiro atoms. The second-order valence-electron chi connectivity index (χ2n) is 4.34. The van der Waals surface area contributed by atoms with Gasteiger partial charge in [0.05, 0.1) is 25.6 Å². The molecule has 5 heteroatoms. The third kappa shape index (κ3) is 3.13. The summed E-state index contributed by atoms with van der Waals surface area (Å²) in [4.78, 5) is 14.8. The fraction of sp³-hybridized carbons (Fsp3) is 0.286. The van der Waals surface area contributed by atoms with Crippen molar-refractivity contribution in [2.75, 3.05) is 7.11 Å². The molecule has 0 amide bonds. The molecule has 1 aromatic carbocycles. The number of aliphatic carboxylic acids is 1. The summed E-state index contributed by atoms with van der Waals surface area (Å²) in [6, 6.07) is 5.88. The highest BCUT2D eigenvalue weighted by atomic mass is 16.5. The number of aryl methyl sites for hydroxylation is 2. The number of carbonyl (C=O) groups is 1. The summed E-state index contributed by atoms with van der Waals surface area (Å²) in [5.41, 5.74) is 2.82. The summed E-state index contributed by atoms with van der Waals surface area (Å²) in [5.74, 6) is -0.0579. The number of aromatic nitrogens is 2. The van der Waals surface area contributed by atoms with E-state index in [1.165, 1.54) is 0 Å². The molecule has 2 rings (SSSR count). The summed E-state index contributed by atoms with van der Waals surface area (Å²) in [6.45, 7) is 2.42. The average Bonchev–Trinajstić information content (AvgIpc) is 2.85. The van der Waals surface area contributed by atoms with Gasteiger partial charge in [0.2, 0.25) is 0 Å². The zero-order valence-electron chi connectivity index (χ0n) is 11.0. The van der Waals surface area contributed by atoms with E-state index in [-0.39, 0.29) is 6.42 Å². The van der Waals surface area contributed by atoms with Gasteiger partial charge in [0, 0.05) is 18.3 Å². The van der Waals surface area contributed by atoms with Gasteiger partial charge in [-0.15, -0.1) is 0 Å². The van der Waals surface area contributed by atoms with E-state index in [1.807, 2.05) is 31.3 Å². The average molecular weight is 260 g/mol. The van der Waals surface area contributed by atoms with Gasteiger partial charge in [0.25, 0.3) is 0 Å². The lowest BCUT2D eigenvalue weighted by atomic mass is 10.1. The van der Waals surface area contributed by atoms with Crippen LogP contribution in [0.3, 0.4) is 0 Å². The number of benzene rings is 1. The summed E-state index contributed by atoms with van der Waals surface area (Å²) < 4.78 is 7.09. The Morgan fingerprint density at radius 3 is 2.95 bits per heavy atom. The first-order chi connectivity index (χ1) is 9.10. The van der Waals surface area contributed by atoms with Crippen molar-refractivity contribution in [3.05, 3.63) is 36.3 Å². The molecule has 0 aliphatic rings. The molecule has 0 saturated heterocycles. The fourth-order valence-electron chi connectivity index (χ4n) is 1.87.